The van der Waals surface area contributed by atoms with Gasteiger partial charge < -0.3 is 25.6 Å². The first-order valence-corrected chi connectivity index (χ1v) is 15.1. The van der Waals surface area contributed by atoms with Crippen molar-refractivity contribution in [1.82, 2.24) is 26.0 Å². The number of anilines is 2. The van der Waals surface area contributed by atoms with Crippen molar-refractivity contribution >= 4 is 40.8 Å². The maximum atomic E-state index is 12.9. The first-order chi connectivity index (χ1) is 21.9. The zero-order valence-corrected chi connectivity index (χ0v) is 25.7. The van der Waals surface area contributed by atoms with E-state index in [2.05, 4.69) is 33.2 Å². The standard InChI is InChI=1S/C32H38N8O5/c1-4-20-17-27(38-13-15-45-16-14-38)25-18-34-40(29(25)37-28(20)21-5-9-23(10-6-21)35-32(43)33-2)24-11-7-22(8-12-24)30(41)36-26-19-39(44-3)31(26)42/h5-12,26,34H,4,13-19H2,1-3H3,(H,36,41)(H2,33,35,43). The van der Waals surface area contributed by atoms with Crippen molar-refractivity contribution in [2.24, 2.45) is 4.99 Å². The van der Waals surface area contributed by atoms with Crippen molar-refractivity contribution in [3.05, 3.63) is 76.5 Å². The van der Waals surface area contributed by atoms with Crippen LogP contribution in [0.1, 0.15) is 35.7 Å². The van der Waals surface area contributed by atoms with Crippen molar-refractivity contribution in [2.45, 2.75) is 25.8 Å². The topological polar surface area (TPSA) is 140 Å². The van der Waals surface area contributed by atoms with Gasteiger partial charge in [-0.2, -0.15) is 0 Å². The molecule has 2 aromatic carbocycles. The van der Waals surface area contributed by atoms with E-state index in [0.717, 1.165) is 54.3 Å². The Morgan fingerprint density at radius 3 is 2.47 bits per heavy atom. The number of carbonyl (C=O) groups excluding carboxylic acids is 3. The summed E-state index contributed by atoms with van der Waals surface area (Å²) in [6, 6.07) is 14.1. The lowest BCUT2D eigenvalue weighted by molar-refractivity contribution is -0.202. The average Bonchev–Trinajstić information content (AvgIpc) is 3.42. The van der Waals surface area contributed by atoms with Gasteiger partial charge in [-0.1, -0.05) is 19.1 Å². The van der Waals surface area contributed by atoms with Gasteiger partial charge in [0.2, 0.25) is 0 Å². The molecule has 45 heavy (non-hydrogen) atoms. The predicted octanol–water partition coefficient (Wildman–Crippen LogP) is 2.47. The number of hydrogen-bond acceptors (Lipinski definition) is 9. The van der Waals surface area contributed by atoms with E-state index in [1.54, 1.807) is 19.2 Å². The molecule has 4 amide bonds. The van der Waals surface area contributed by atoms with E-state index in [1.807, 2.05) is 41.4 Å². The molecule has 2 aromatic rings. The minimum absolute atomic E-state index is 0.266. The highest BCUT2D eigenvalue weighted by atomic mass is 16.7. The van der Waals surface area contributed by atoms with E-state index in [9.17, 15) is 14.4 Å². The van der Waals surface area contributed by atoms with E-state index in [1.165, 1.54) is 23.4 Å². The lowest BCUT2D eigenvalue weighted by Crippen LogP contribution is -2.63. The first kappa shape index (κ1) is 30.3. The monoisotopic (exact) mass is 614 g/mol. The molecule has 13 nitrogen and oxygen atoms in total. The molecule has 0 radical (unpaired) electrons. The fourth-order valence-corrected chi connectivity index (χ4v) is 5.86. The van der Waals surface area contributed by atoms with Crippen LogP contribution in [0.3, 0.4) is 0 Å². The van der Waals surface area contributed by atoms with Gasteiger partial charge in [0.05, 0.1) is 38.3 Å². The molecule has 13 heteroatoms. The Bertz CT molecular complexity index is 1560. The molecule has 0 aliphatic carbocycles. The number of morpholine rings is 1. The number of amides is 4. The quantitative estimate of drug-likeness (QED) is 0.333. The van der Waals surface area contributed by atoms with Crippen LogP contribution >= 0.6 is 0 Å². The number of carbonyl (C=O) groups is 3. The molecule has 0 spiro atoms. The molecule has 3 fully saturated rings. The number of aliphatic imine (C=N–C) groups is 1. The van der Waals surface area contributed by atoms with Crippen molar-refractivity contribution < 1.29 is 24.0 Å². The van der Waals surface area contributed by atoms with Gasteiger partial charge in [0.25, 0.3) is 11.8 Å². The Kier molecular flexibility index (Phi) is 8.83. The minimum Gasteiger partial charge on any atom is -0.378 e. The van der Waals surface area contributed by atoms with Crippen molar-refractivity contribution in [3.63, 3.8) is 0 Å². The predicted molar refractivity (Wildman–Crippen MR) is 170 cm³/mol. The molecule has 0 bridgehead atoms. The van der Waals surface area contributed by atoms with Gasteiger partial charge in [0, 0.05) is 61.2 Å². The van der Waals surface area contributed by atoms with Gasteiger partial charge >= 0.3 is 6.03 Å². The van der Waals surface area contributed by atoms with Crippen LogP contribution in [0.5, 0.6) is 0 Å². The molecular weight excluding hydrogens is 576 g/mol. The minimum atomic E-state index is -0.587. The molecule has 4 aliphatic heterocycles. The van der Waals surface area contributed by atoms with Crippen LogP contribution in [0.4, 0.5) is 16.2 Å². The maximum absolute atomic E-state index is 12.9. The van der Waals surface area contributed by atoms with Crippen LogP contribution < -0.4 is 26.4 Å². The Labute approximate surface area is 261 Å². The van der Waals surface area contributed by atoms with E-state index >= 15 is 0 Å². The van der Waals surface area contributed by atoms with Crippen molar-refractivity contribution in [1.29, 1.82) is 0 Å². The number of hydrogen-bond donors (Lipinski definition) is 4. The lowest BCUT2D eigenvalue weighted by atomic mass is 9.98. The molecule has 0 aromatic heterocycles. The second kappa shape index (κ2) is 13.1. The molecule has 3 saturated heterocycles. The third kappa shape index (κ3) is 6.14. The third-order valence-electron chi connectivity index (χ3n) is 8.45. The first-order valence-electron chi connectivity index (χ1n) is 15.1. The number of allylic oxidation sites excluding steroid dienone is 1. The molecular formula is C32H38N8O5. The number of ether oxygens (including phenoxy) is 1. The number of benzene rings is 2. The normalized spacial score (nSPS) is 20.0. The Morgan fingerprint density at radius 2 is 1.82 bits per heavy atom. The van der Waals surface area contributed by atoms with Gasteiger partial charge in [-0.15, -0.1) is 0 Å². The number of hydrazine groups is 1. The van der Waals surface area contributed by atoms with Gasteiger partial charge in [-0.05, 0) is 48.4 Å². The molecule has 1 unspecified atom stereocenters. The van der Waals surface area contributed by atoms with Gasteiger partial charge in [-0.25, -0.2) is 20.3 Å². The Balaban J connectivity index is 1.31. The number of amidine groups is 1. The van der Waals surface area contributed by atoms with Crippen LogP contribution in [0.15, 0.2) is 70.4 Å². The second-order valence-electron chi connectivity index (χ2n) is 11.0. The van der Waals surface area contributed by atoms with Gasteiger partial charge in [0.1, 0.15) is 6.04 Å². The highest BCUT2D eigenvalue weighted by molar-refractivity contribution is 6.14. The summed E-state index contributed by atoms with van der Waals surface area (Å²) in [7, 11) is 3.01. The molecule has 6 rings (SSSR count). The highest BCUT2D eigenvalue weighted by Gasteiger charge is 2.39. The molecule has 4 heterocycles. The summed E-state index contributed by atoms with van der Waals surface area (Å²) in [6.07, 6.45) is 1.59. The maximum Gasteiger partial charge on any atom is 0.318 e. The summed E-state index contributed by atoms with van der Waals surface area (Å²) >= 11 is 0. The SMILES string of the molecule is CCC1=C(c2ccc(NC(=O)NC)cc2)N=C2C(=C(N3CCOCC3)C1)CNN2c1ccc(C(=O)NC2CN(OC)C2=O)cc1. The zero-order valence-electron chi connectivity index (χ0n) is 25.7. The van der Waals surface area contributed by atoms with E-state index in [0.29, 0.717) is 37.6 Å². The number of hydroxylamine groups is 2. The number of rotatable bonds is 8. The molecule has 1 atom stereocenters. The third-order valence-corrected chi connectivity index (χ3v) is 8.45. The van der Waals surface area contributed by atoms with Crippen LogP contribution in [0, 0.1) is 0 Å². The number of nitrogens with one attached hydrogen (secondary N) is 4. The summed E-state index contributed by atoms with van der Waals surface area (Å²) in [5.74, 6) is 0.219. The molecule has 236 valence electrons. The smallest absolute Gasteiger partial charge is 0.318 e. The van der Waals surface area contributed by atoms with Gasteiger partial charge in [0.15, 0.2) is 5.84 Å². The van der Waals surface area contributed by atoms with E-state index in [-0.39, 0.29) is 17.8 Å². The second-order valence-corrected chi connectivity index (χ2v) is 11.0. The average molecular weight is 615 g/mol. The zero-order chi connectivity index (χ0) is 31.5. The molecule has 4 aliphatic rings. The fourth-order valence-electron chi connectivity index (χ4n) is 5.86. The molecule has 0 saturated carbocycles. The van der Waals surface area contributed by atoms with Crippen molar-refractivity contribution in [2.75, 3.05) is 63.9 Å². The molecule has 4 N–H and O–H groups in total. The van der Waals surface area contributed by atoms with Gasteiger partial charge in [-0.3, -0.25) is 19.4 Å². The summed E-state index contributed by atoms with van der Waals surface area (Å²) in [6.45, 7) is 6.06. The van der Waals surface area contributed by atoms with E-state index < -0.39 is 6.04 Å². The number of fused-ring (bicyclic) bond motifs is 1. The van der Waals surface area contributed by atoms with Crippen LogP contribution in [-0.4, -0.2) is 93.2 Å². The van der Waals surface area contributed by atoms with Crippen LogP contribution in [0.2, 0.25) is 0 Å². The summed E-state index contributed by atoms with van der Waals surface area (Å²) in [5.41, 5.74) is 10.9. The number of nitrogens with zero attached hydrogens (tertiary/aromatic N) is 4. The van der Waals surface area contributed by atoms with Crippen LogP contribution in [-0.2, 0) is 14.4 Å². The largest absolute Gasteiger partial charge is 0.378 e. The Morgan fingerprint density at radius 1 is 1.09 bits per heavy atom. The van der Waals surface area contributed by atoms with E-state index in [4.69, 9.17) is 14.6 Å². The number of urea groups is 1. The summed E-state index contributed by atoms with van der Waals surface area (Å²) in [5, 5.41) is 11.3. The Hall–Kier alpha value is -4.72. The summed E-state index contributed by atoms with van der Waals surface area (Å²) in [4.78, 5) is 49.4. The highest BCUT2D eigenvalue weighted by Crippen LogP contribution is 2.37. The van der Waals surface area contributed by atoms with Crippen LogP contribution in [0.25, 0.3) is 5.70 Å². The lowest BCUT2D eigenvalue weighted by Gasteiger charge is -2.36. The van der Waals surface area contributed by atoms with Crippen molar-refractivity contribution in [3.8, 4) is 0 Å². The fraction of sp³-hybridized carbons (Fsp3) is 0.375. The summed E-state index contributed by atoms with van der Waals surface area (Å²) < 4.78 is 5.67. The number of β-lactam (4-membered cyclic amide) rings is 1.